The molecule has 0 saturated heterocycles. The zero-order valence-corrected chi connectivity index (χ0v) is 14.3. The summed E-state index contributed by atoms with van der Waals surface area (Å²) < 4.78 is 5.96. The third-order valence-electron chi connectivity index (χ3n) is 4.91. The van der Waals surface area contributed by atoms with Crippen molar-refractivity contribution in [3.63, 3.8) is 0 Å². The Morgan fingerprint density at radius 1 is 1.04 bits per heavy atom. The minimum absolute atomic E-state index is 0.0872. The highest BCUT2D eigenvalue weighted by atomic mass is 16.5. The van der Waals surface area contributed by atoms with Crippen LogP contribution in [0.3, 0.4) is 0 Å². The molecular weight excluding hydrogens is 300 g/mol. The molecule has 1 atom stereocenters. The van der Waals surface area contributed by atoms with E-state index in [0.29, 0.717) is 18.6 Å². The van der Waals surface area contributed by atoms with Crippen LogP contribution in [0.5, 0.6) is 5.75 Å². The van der Waals surface area contributed by atoms with Gasteiger partial charge in [0.1, 0.15) is 5.75 Å². The standard InChI is InChI=1S/C20H28N2O2/c23-20(21-14-16-6-2-1-3-7-16)22-15-17-10-12-19(13-11-17)24-18-8-4-5-9-18/h1-2,10-13,16,18H,3-9,14-15H2,(H2,21,22,23). The first-order valence-electron chi connectivity index (χ1n) is 9.22. The minimum Gasteiger partial charge on any atom is -0.490 e. The van der Waals surface area contributed by atoms with Crippen LogP contribution in [0.4, 0.5) is 4.79 Å². The van der Waals surface area contributed by atoms with E-state index in [-0.39, 0.29) is 6.03 Å². The quantitative estimate of drug-likeness (QED) is 0.770. The van der Waals surface area contributed by atoms with Gasteiger partial charge in [0.2, 0.25) is 0 Å². The monoisotopic (exact) mass is 328 g/mol. The number of carbonyl (C=O) groups is 1. The Hall–Kier alpha value is -1.97. The molecule has 2 aliphatic rings. The molecule has 1 aromatic rings. The molecule has 2 N–H and O–H groups in total. The maximum absolute atomic E-state index is 11.9. The molecule has 3 rings (SSSR count). The summed E-state index contributed by atoms with van der Waals surface area (Å²) in [5.41, 5.74) is 1.09. The molecule has 4 nitrogen and oxygen atoms in total. The van der Waals surface area contributed by atoms with Crippen molar-refractivity contribution >= 4 is 6.03 Å². The molecule has 1 aromatic carbocycles. The van der Waals surface area contributed by atoms with Gasteiger partial charge < -0.3 is 15.4 Å². The number of benzene rings is 1. The van der Waals surface area contributed by atoms with Crippen molar-refractivity contribution in [1.29, 1.82) is 0 Å². The van der Waals surface area contributed by atoms with E-state index in [1.165, 1.54) is 32.1 Å². The molecule has 2 aliphatic carbocycles. The number of hydrogen-bond donors (Lipinski definition) is 2. The molecule has 0 spiro atoms. The third kappa shape index (κ3) is 5.29. The lowest BCUT2D eigenvalue weighted by Gasteiger charge is -2.18. The molecule has 130 valence electrons. The fourth-order valence-corrected chi connectivity index (χ4v) is 3.41. The maximum atomic E-state index is 11.9. The van der Waals surface area contributed by atoms with Gasteiger partial charge in [-0.2, -0.15) is 0 Å². The Balaban J connectivity index is 1.36. The molecule has 24 heavy (non-hydrogen) atoms. The normalized spacial score (nSPS) is 20.8. The molecule has 1 unspecified atom stereocenters. The van der Waals surface area contributed by atoms with Crippen LogP contribution in [0.1, 0.15) is 50.5 Å². The van der Waals surface area contributed by atoms with Crippen LogP contribution in [-0.2, 0) is 6.54 Å². The summed E-state index contributed by atoms with van der Waals surface area (Å²) in [6, 6.07) is 7.96. The lowest BCUT2D eigenvalue weighted by Crippen LogP contribution is -2.38. The maximum Gasteiger partial charge on any atom is 0.315 e. The Morgan fingerprint density at radius 2 is 1.83 bits per heavy atom. The van der Waals surface area contributed by atoms with Gasteiger partial charge in [-0.1, -0.05) is 24.3 Å². The second-order valence-electron chi connectivity index (χ2n) is 6.88. The molecule has 4 heteroatoms. The number of carbonyl (C=O) groups excluding carboxylic acids is 1. The summed E-state index contributed by atoms with van der Waals surface area (Å²) in [6.07, 6.45) is 13.1. The van der Waals surface area contributed by atoms with Crippen molar-refractivity contribution in [2.24, 2.45) is 5.92 Å². The van der Waals surface area contributed by atoms with Crippen molar-refractivity contribution in [2.45, 2.75) is 57.6 Å². The number of nitrogens with one attached hydrogen (secondary N) is 2. The highest BCUT2D eigenvalue weighted by molar-refractivity contribution is 5.73. The van der Waals surface area contributed by atoms with Gasteiger partial charge in [0.25, 0.3) is 0 Å². The molecule has 1 fully saturated rings. The summed E-state index contributed by atoms with van der Waals surface area (Å²) in [5.74, 6) is 1.51. The molecule has 0 radical (unpaired) electrons. The minimum atomic E-state index is -0.0872. The Labute approximate surface area is 144 Å². The Morgan fingerprint density at radius 3 is 2.54 bits per heavy atom. The van der Waals surface area contributed by atoms with Crippen LogP contribution >= 0.6 is 0 Å². The largest absolute Gasteiger partial charge is 0.490 e. The zero-order valence-electron chi connectivity index (χ0n) is 14.3. The summed E-state index contributed by atoms with van der Waals surface area (Å²) in [7, 11) is 0. The van der Waals surface area contributed by atoms with Gasteiger partial charge in [0.15, 0.2) is 0 Å². The van der Waals surface area contributed by atoms with Crippen LogP contribution < -0.4 is 15.4 Å². The van der Waals surface area contributed by atoms with Crippen molar-refractivity contribution in [2.75, 3.05) is 6.54 Å². The van der Waals surface area contributed by atoms with E-state index in [4.69, 9.17) is 4.74 Å². The predicted molar refractivity (Wildman–Crippen MR) is 96.0 cm³/mol. The van der Waals surface area contributed by atoms with Gasteiger partial charge in [0, 0.05) is 13.1 Å². The van der Waals surface area contributed by atoms with E-state index in [0.717, 1.165) is 30.7 Å². The first kappa shape index (κ1) is 16.9. The first-order valence-corrected chi connectivity index (χ1v) is 9.22. The number of amides is 2. The van der Waals surface area contributed by atoms with Crippen LogP contribution in [-0.4, -0.2) is 18.7 Å². The molecule has 1 saturated carbocycles. The lowest BCUT2D eigenvalue weighted by molar-refractivity contribution is 0.210. The second kappa shape index (κ2) is 8.76. The lowest BCUT2D eigenvalue weighted by atomic mass is 9.94. The SMILES string of the molecule is O=C(NCc1ccc(OC2CCCC2)cc1)NCC1CC=CCC1. The Bertz CT molecular complexity index is 547. The van der Waals surface area contributed by atoms with Crippen LogP contribution in [0, 0.1) is 5.92 Å². The number of hydrogen-bond acceptors (Lipinski definition) is 2. The summed E-state index contributed by atoms with van der Waals surface area (Å²) in [5, 5.41) is 5.90. The molecule has 2 amide bonds. The Kier molecular flexibility index (Phi) is 6.16. The van der Waals surface area contributed by atoms with Crippen molar-refractivity contribution < 1.29 is 9.53 Å². The van der Waals surface area contributed by atoms with E-state index in [1.54, 1.807) is 0 Å². The summed E-state index contributed by atoms with van der Waals surface area (Å²) in [6.45, 7) is 1.30. The zero-order chi connectivity index (χ0) is 16.6. The summed E-state index contributed by atoms with van der Waals surface area (Å²) >= 11 is 0. The molecule has 0 heterocycles. The smallest absolute Gasteiger partial charge is 0.315 e. The van der Waals surface area contributed by atoms with Gasteiger partial charge in [-0.3, -0.25) is 0 Å². The van der Waals surface area contributed by atoms with Crippen LogP contribution in [0.15, 0.2) is 36.4 Å². The number of urea groups is 1. The summed E-state index contributed by atoms with van der Waals surface area (Å²) in [4.78, 5) is 11.9. The fourth-order valence-electron chi connectivity index (χ4n) is 3.41. The van der Waals surface area contributed by atoms with Crippen molar-refractivity contribution in [3.05, 3.63) is 42.0 Å². The average Bonchev–Trinajstić information content (AvgIpc) is 3.13. The predicted octanol–water partition coefficient (Wildman–Crippen LogP) is 4.16. The number of ether oxygens (including phenoxy) is 1. The van der Waals surface area contributed by atoms with Gasteiger partial charge in [0.05, 0.1) is 6.10 Å². The van der Waals surface area contributed by atoms with E-state index in [1.807, 2.05) is 24.3 Å². The van der Waals surface area contributed by atoms with Gasteiger partial charge in [-0.15, -0.1) is 0 Å². The van der Waals surface area contributed by atoms with E-state index >= 15 is 0 Å². The fraction of sp³-hybridized carbons (Fsp3) is 0.550. The van der Waals surface area contributed by atoms with E-state index in [2.05, 4.69) is 22.8 Å². The second-order valence-corrected chi connectivity index (χ2v) is 6.88. The van der Waals surface area contributed by atoms with Gasteiger partial charge in [-0.25, -0.2) is 4.79 Å². The first-order chi connectivity index (χ1) is 11.8. The van der Waals surface area contributed by atoms with Crippen LogP contribution in [0.25, 0.3) is 0 Å². The van der Waals surface area contributed by atoms with Gasteiger partial charge in [-0.05, 0) is 68.6 Å². The molecular formula is C20H28N2O2. The van der Waals surface area contributed by atoms with E-state index in [9.17, 15) is 4.79 Å². The van der Waals surface area contributed by atoms with Crippen molar-refractivity contribution in [3.8, 4) is 5.75 Å². The number of rotatable bonds is 6. The third-order valence-corrected chi connectivity index (χ3v) is 4.91. The molecule has 0 aliphatic heterocycles. The topological polar surface area (TPSA) is 50.4 Å². The molecule has 0 aromatic heterocycles. The average molecular weight is 328 g/mol. The highest BCUT2D eigenvalue weighted by Crippen LogP contribution is 2.24. The molecule has 0 bridgehead atoms. The van der Waals surface area contributed by atoms with Crippen LogP contribution in [0.2, 0.25) is 0 Å². The van der Waals surface area contributed by atoms with Crippen molar-refractivity contribution in [1.82, 2.24) is 10.6 Å². The number of allylic oxidation sites excluding steroid dienone is 2. The van der Waals surface area contributed by atoms with Gasteiger partial charge >= 0.3 is 6.03 Å². The van der Waals surface area contributed by atoms with E-state index < -0.39 is 0 Å². The highest BCUT2D eigenvalue weighted by Gasteiger charge is 2.16.